The average molecular weight is 481 g/mol. The van der Waals surface area contributed by atoms with Crippen molar-refractivity contribution in [3.05, 3.63) is 77.4 Å². The summed E-state index contributed by atoms with van der Waals surface area (Å²) < 4.78 is 66.6. The van der Waals surface area contributed by atoms with Crippen LogP contribution in [0.15, 0.2) is 60.7 Å². The molecule has 2 aromatic rings. The van der Waals surface area contributed by atoms with Crippen LogP contribution in [0.3, 0.4) is 0 Å². The normalized spacial score (nSPS) is 17.7. The number of nitrogens with zero attached hydrogens (tertiary/aromatic N) is 1. The molecular weight excluding hydrogens is 459 g/mol. The van der Waals surface area contributed by atoms with Crippen molar-refractivity contribution < 1.29 is 35.9 Å². The first-order valence-electron chi connectivity index (χ1n) is 10.1. The summed E-state index contributed by atoms with van der Waals surface area (Å²) in [5, 5.41) is 0. The van der Waals surface area contributed by atoms with E-state index in [1.807, 2.05) is 18.2 Å². The van der Waals surface area contributed by atoms with Gasteiger partial charge in [0, 0.05) is 18.7 Å². The van der Waals surface area contributed by atoms with Gasteiger partial charge in [-0.25, -0.2) is 13.2 Å². The summed E-state index contributed by atoms with van der Waals surface area (Å²) in [6.45, 7) is -0.404. The van der Waals surface area contributed by atoms with E-state index in [1.54, 1.807) is 12.1 Å². The van der Waals surface area contributed by atoms with E-state index in [1.165, 1.54) is 23.1 Å². The van der Waals surface area contributed by atoms with Gasteiger partial charge in [0.1, 0.15) is 0 Å². The monoisotopic (exact) mass is 481 g/mol. The van der Waals surface area contributed by atoms with E-state index in [0.29, 0.717) is 12.0 Å². The summed E-state index contributed by atoms with van der Waals surface area (Å²) in [5.41, 5.74) is 0.358. The number of esters is 1. The Hall–Kier alpha value is -3.14. The van der Waals surface area contributed by atoms with Crippen LogP contribution in [0.25, 0.3) is 6.08 Å². The molecule has 1 aliphatic heterocycles. The van der Waals surface area contributed by atoms with Gasteiger partial charge in [-0.2, -0.15) is 13.2 Å². The average Bonchev–Trinajstić information content (AvgIpc) is 3.14. The Labute approximate surface area is 189 Å². The van der Waals surface area contributed by atoms with Gasteiger partial charge in [0.15, 0.2) is 16.4 Å². The SMILES string of the molecule is O=C(/C=C/c1ccc(C(F)(F)F)cc1)OCC(=O)N(Cc1ccccc1)C1CCS(=O)(=O)C1. The molecule has 1 aliphatic rings. The van der Waals surface area contributed by atoms with Gasteiger partial charge in [-0.1, -0.05) is 42.5 Å². The van der Waals surface area contributed by atoms with E-state index in [2.05, 4.69) is 0 Å². The molecule has 1 amide bonds. The Bertz CT molecular complexity index is 1110. The number of sulfone groups is 1. The molecule has 0 saturated carbocycles. The van der Waals surface area contributed by atoms with Crippen LogP contribution in [0.5, 0.6) is 0 Å². The van der Waals surface area contributed by atoms with E-state index >= 15 is 0 Å². The van der Waals surface area contributed by atoms with Gasteiger partial charge >= 0.3 is 12.1 Å². The summed E-state index contributed by atoms with van der Waals surface area (Å²) in [5.74, 6) is -1.53. The zero-order valence-electron chi connectivity index (χ0n) is 17.5. The van der Waals surface area contributed by atoms with Gasteiger partial charge in [-0.05, 0) is 35.8 Å². The van der Waals surface area contributed by atoms with Gasteiger partial charge in [0.05, 0.1) is 17.1 Å². The number of hydrogen-bond donors (Lipinski definition) is 0. The number of ether oxygens (including phenoxy) is 1. The van der Waals surface area contributed by atoms with E-state index in [4.69, 9.17) is 4.74 Å². The lowest BCUT2D eigenvalue weighted by Gasteiger charge is -2.28. The fourth-order valence-electron chi connectivity index (χ4n) is 3.43. The molecular formula is C23H22F3NO5S. The van der Waals surface area contributed by atoms with Crippen LogP contribution < -0.4 is 0 Å². The number of benzene rings is 2. The highest BCUT2D eigenvalue weighted by Crippen LogP contribution is 2.29. The summed E-state index contributed by atoms with van der Waals surface area (Å²) in [6, 6.07) is 12.7. The third-order valence-corrected chi connectivity index (χ3v) is 6.90. The van der Waals surface area contributed by atoms with Crippen molar-refractivity contribution in [3.8, 4) is 0 Å². The Morgan fingerprint density at radius 1 is 1.06 bits per heavy atom. The standard InChI is InChI=1S/C23H22F3NO5S/c24-23(25,26)19-9-6-17(7-10-19)8-11-22(29)32-15-21(28)27(14-18-4-2-1-3-5-18)20-12-13-33(30,31)16-20/h1-11,20H,12-16H2/b11-8+. The Morgan fingerprint density at radius 2 is 1.73 bits per heavy atom. The first kappa shape index (κ1) is 24.5. The molecule has 1 fully saturated rings. The maximum Gasteiger partial charge on any atom is 0.416 e. The number of halogens is 3. The van der Waals surface area contributed by atoms with Crippen molar-refractivity contribution in [2.45, 2.75) is 25.2 Å². The van der Waals surface area contributed by atoms with Crippen molar-refractivity contribution in [2.24, 2.45) is 0 Å². The molecule has 176 valence electrons. The van der Waals surface area contributed by atoms with Crippen molar-refractivity contribution in [2.75, 3.05) is 18.1 Å². The van der Waals surface area contributed by atoms with E-state index < -0.39 is 46.1 Å². The molecule has 0 spiro atoms. The van der Waals surface area contributed by atoms with Crippen molar-refractivity contribution in [1.82, 2.24) is 4.90 Å². The quantitative estimate of drug-likeness (QED) is 0.447. The van der Waals surface area contributed by atoms with Gasteiger partial charge in [-0.3, -0.25) is 4.79 Å². The molecule has 3 rings (SSSR count). The van der Waals surface area contributed by atoms with Crippen molar-refractivity contribution in [3.63, 3.8) is 0 Å². The Kier molecular flexibility index (Phi) is 7.57. The summed E-state index contributed by atoms with van der Waals surface area (Å²) in [7, 11) is -3.23. The smallest absolute Gasteiger partial charge is 0.416 e. The van der Waals surface area contributed by atoms with Gasteiger partial charge < -0.3 is 9.64 Å². The number of rotatable bonds is 7. The highest BCUT2D eigenvalue weighted by molar-refractivity contribution is 7.91. The number of amides is 1. The first-order valence-corrected chi connectivity index (χ1v) is 11.9. The highest BCUT2D eigenvalue weighted by atomic mass is 32.2. The molecule has 10 heteroatoms. The minimum atomic E-state index is -4.45. The fourth-order valence-corrected chi connectivity index (χ4v) is 5.16. The van der Waals surface area contributed by atoms with Gasteiger partial charge in [-0.15, -0.1) is 0 Å². The molecule has 33 heavy (non-hydrogen) atoms. The Morgan fingerprint density at radius 3 is 2.30 bits per heavy atom. The first-order chi connectivity index (χ1) is 15.5. The van der Waals surface area contributed by atoms with Crippen LogP contribution in [0, 0.1) is 0 Å². The van der Waals surface area contributed by atoms with Crippen LogP contribution in [0.2, 0.25) is 0 Å². The number of carbonyl (C=O) groups is 2. The lowest BCUT2D eigenvalue weighted by molar-refractivity contribution is -0.149. The molecule has 1 unspecified atom stereocenters. The summed E-state index contributed by atoms with van der Waals surface area (Å²) in [4.78, 5) is 26.2. The number of hydrogen-bond acceptors (Lipinski definition) is 5. The third kappa shape index (κ3) is 7.18. The van der Waals surface area contributed by atoms with Crippen molar-refractivity contribution >= 4 is 27.8 Å². The lowest BCUT2D eigenvalue weighted by atomic mass is 10.1. The molecule has 0 bridgehead atoms. The van der Waals surface area contributed by atoms with Gasteiger partial charge in [0.2, 0.25) is 0 Å². The molecule has 0 aromatic heterocycles. The summed E-state index contributed by atoms with van der Waals surface area (Å²) in [6.07, 6.45) is -1.86. The second-order valence-electron chi connectivity index (χ2n) is 7.62. The molecule has 2 aromatic carbocycles. The Balaban J connectivity index is 1.60. The third-order valence-electron chi connectivity index (χ3n) is 5.15. The molecule has 1 saturated heterocycles. The van der Waals surface area contributed by atoms with E-state index in [9.17, 15) is 31.2 Å². The fraction of sp³-hybridized carbons (Fsp3) is 0.304. The maximum absolute atomic E-state index is 12.8. The van der Waals surface area contributed by atoms with Gasteiger partial charge in [0.25, 0.3) is 5.91 Å². The minimum Gasteiger partial charge on any atom is -0.452 e. The lowest BCUT2D eigenvalue weighted by Crippen LogP contribution is -2.42. The van der Waals surface area contributed by atoms with Crippen LogP contribution in [-0.2, 0) is 36.9 Å². The molecule has 0 aliphatic carbocycles. The molecule has 6 nitrogen and oxygen atoms in total. The highest BCUT2D eigenvalue weighted by Gasteiger charge is 2.35. The molecule has 1 heterocycles. The summed E-state index contributed by atoms with van der Waals surface area (Å²) >= 11 is 0. The van der Waals surface area contributed by atoms with Crippen LogP contribution in [0.4, 0.5) is 13.2 Å². The topological polar surface area (TPSA) is 80.8 Å². The second-order valence-corrected chi connectivity index (χ2v) is 9.85. The molecule has 0 N–H and O–H groups in total. The van der Waals surface area contributed by atoms with Crippen molar-refractivity contribution in [1.29, 1.82) is 0 Å². The number of alkyl halides is 3. The van der Waals surface area contributed by atoms with E-state index in [0.717, 1.165) is 23.8 Å². The second kappa shape index (κ2) is 10.2. The van der Waals surface area contributed by atoms with Crippen LogP contribution >= 0.6 is 0 Å². The predicted molar refractivity (Wildman–Crippen MR) is 115 cm³/mol. The zero-order valence-corrected chi connectivity index (χ0v) is 18.3. The molecule has 0 radical (unpaired) electrons. The molecule has 1 atom stereocenters. The predicted octanol–water partition coefficient (Wildman–Crippen LogP) is 3.48. The largest absolute Gasteiger partial charge is 0.452 e. The zero-order chi connectivity index (χ0) is 24.1. The maximum atomic E-state index is 12.8. The number of carbonyl (C=O) groups excluding carboxylic acids is 2. The van der Waals surface area contributed by atoms with Crippen LogP contribution in [0.1, 0.15) is 23.1 Å². The van der Waals surface area contributed by atoms with Crippen LogP contribution in [-0.4, -0.2) is 49.3 Å². The van der Waals surface area contributed by atoms with E-state index in [-0.39, 0.29) is 18.1 Å². The minimum absolute atomic E-state index is 0.00805.